The molecular weight excluding hydrogens is 415 g/mol. The van der Waals surface area contributed by atoms with Crippen molar-refractivity contribution in [1.82, 2.24) is 15.3 Å². The van der Waals surface area contributed by atoms with Gasteiger partial charge in [-0.2, -0.15) is 4.98 Å². The first-order chi connectivity index (χ1) is 14.2. The molecule has 0 atom stereocenters. The van der Waals surface area contributed by atoms with Crippen LogP contribution in [0.5, 0.6) is 0 Å². The number of fused-ring (bicyclic) bond motifs is 1. The number of carboxylic acids is 2. The Morgan fingerprint density at radius 3 is 2.23 bits per heavy atom. The minimum Gasteiger partial charge on any atom is -0.479 e. The van der Waals surface area contributed by atoms with E-state index in [1.807, 2.05) is 17.4 Å². The molecule has 0 aliphatic carbocycles. The minimum atomic E-state index is -2.02. The second-order valence-electron chi connectivity index (χ2n) is 6.33. The number of nitrogens with one attached hydrogen (secondary N) is 2. The molecule has 3 rings (SSSR count). The number of nitrogens with two attached hydrogens (primary N) is 2. The number of hydrogen-bond acceptors (Lipinski definition) is 8. The summed E-state index contributed by atoms with van der Waals surface area (Å²) in [4.78, 5) is 41.9. The predicted molar refractivity (Wildman–Crippen MR) is 109 cm³/mol. The molecule has 0 aliphatic heterocycles. The van der Waals surface area contributed by atoms with E-state index in [0.717, 1.165) is 5.56 Å². The summed E-state index contributed by atoms with van der Waals surface area (Å²) in [7, 11) is 0. The van der Waals surface area contributed by atoms with Gasteiger partial charge in [0.25, 0.3) is 5.91 Å². The Hall–Kier alpha value is -3.41. The third kappa shape index (κ3) is 5.81. The van der Waals surface area contributed by atoms with Gasteiger partial charge in [0.15, 0.2) is 0 Å². The fourth-order valence-corrected chi connectivity index (χ4v) is 2.71. The zero-order valence-corrected chi connectivity index (χ0v) is 18.5. The van der Waals surface area contributed by atoms with Crippen LogP contribution >= 0.6 is 0 Å². The molecule has 0 saturated carbocycles. The molecule has 2 aromatic carbocycles. The van der Waals surface area contributed by atoms with E-state index in [-0.39, 0.29) is 46.9 Å². The molecule has 0 unspecified atom stereocenters. The minimum absolute atomic E-state index is 0. The molecular formula is C19H18N6NaO5+. The van der Waals surface area contributed by atoms with Crippen molar-refractivity contribution in [3.63, 3.8) is 0 Å². The molecule has 12 heteroatoms. The molecule has 0 saturated heterocycles. The van der Waals surface area contributed by atoms with Crippen LogP contribution in [0.15, 0.2) is 42.5 Å². The van der Waals surface area contributed by atoms with Crippen molar-refractivity contribution in [2.24, 2.45) is 0 Å². The van der Waals surface area contributed by atoms with E-state index < -0.39 is 23.9 Å². The van der Waals surface area contributed by atoms with Gasteiger partial charge < -0.3 is 32.3 Å². The molecule has 0 aliphatic rings. The number of hydrogen-bond donors (Lipinski definition) is 6. The van der Waals surface area contributed by atoms with Gasteiger partial charge in [0, 0.05) is 23.2 Å². The van der Waals surface area contributed by atoms with Gasteiger partial charge in [-0.15, -0.1) is 0 Å². The summed E-state index contributed by atoms with van der Waals surface area (Å²) in [5.74, 6) is -3.72. The Bertz CT molecular complexity index is 1120. The Kier molecular flexibility index (Phi) is 7.75. The molecule has 0 fully saturated rings. The van der Waals surface area contributed by atoms with Gasteiger partial charge >= 0.3 is 41.5 Å². The number of carbonyl (C=O) groups is 3. The van der Waals surface area contributed by atoms with Gasteiger partial charge in [-0.05, 0) is 42.0 Å². The van der Waals surface area contributed by atoms with E-state index in [2.05, 4.69) is 15.3 Å². The molecule has 1 amide bonds. The van der Waals surface area contributed by atoms with Crippen molar-refractivity contribution in [3.8, 4) is 0 Å². The van der Waals surface area contributed by atoms with Crippen LogP contribution in [0.3, 0.4) is 0 Å². The Labute approximate surface area is 198 Å². The van der Waals surface area contributed by atoms with E-state index in [1.54, 1.807) is 18.2 Å². The van der Waals surface area contributed by atoms with Gasteiger partial charge in [0.2, 0.25) is 12.0 Å². The number of benzene rings is 2. The summed E-state index contributed by atoms with van der Waals surface area (Å²) in [6, 6.07) is 9.61. The molecule has 0 spiro atoms. The zero-order valence-electron chi connectivity index (χ0n) is 16.5. The maximum absolute atomic E-state index is 12.0. The number of carboxylic acid groups (broad SMARTS) is 2. The summed E-state index contributed by atoms with van der Waals surface area (Å²) in [5.41, 5.74) is 13.8. The molecule has 1 aromatic heterocycles. The smallest absolute Gasteiger partial charge is 0.479 e. The van der Waals surface area contributed by atoms with Crippen molar-refractivity contribution >= 4 is 46.2 Å². The van der Waals surface area contributed by atoms with Crippen LogP contribution < -0.4 is 51.7 Å². The molecule has 3 aromatic rings. The molecule has 11 nitrogen and oxygen atoms in total. The molecule has 0 bridgehead atoms. The number of nitrogen functional groups attached to an aromatic ring is 2. The van der Waals surface area contributed by atoms with Gasteiger partial charge in [-0.25, -0.2) is 14.6 Å². The standard InChI is InChI=1S/C19H18N6O5.Na/c20-15-12-7-9(1-6-13(12)23-19(21)25-15)8-22-11-4-2-10(3-5-11)16(26)24-14(17(27)28)18(29)30;/h1-7,14,22H,8H2,(H,24,26)(H,27,28)(H,29,30)(H4,20,21,23,25);/q;+1. The molecule has 0 radical (unpaired) electrons. The van der Waals surface area contributed by atoms with Crippen molar-refractivity contribution < 1.29 is 54.2 Å². The Balaban J connectivity index is 0.00000341. The molecule has 1 heterocycles. The van der Waals surface area contributed by atoms with E-state index >= 15 is 0 Å². The predicted octanol–water partition coefficient (Wildman–Crippen LogP) is -2.32. The van der Waals surface area contributed by atoms with E-state index in [4.69, 9.17) is 21.7 Å². The maximum atomic E-state index is 12.0. The topological polar surface area (TPSA) is 194 Å². The first kappa shape index (κ1) is 23.9. The quantitative estimate of drug-likeness (QED) is 0.174. The monoisotopic (exact) mass is 433 g/mol. The first-order valence-electron chi connectivity index (χ1n) is 8.66. The zero-order chi connectivity index (χ0) is 21.8. The van der Waals surface area contributed by atoms with Crippen LogP contribution in [0.4, 0.5) is 17.5 Å². The summed E-state index contributed by atoms with van der Waals surface area (Å²) in [6.45, 7) is 0.450. The second kappa shape index (κ2) is 10.1. The summed E-state index contributed by atoms with van der Waals surface area (Å²) < 4.78 is 0. The molecule has 154 valence electrons. The van der Waals surface area contributed by atoms with Crippen LogP contribution in [-0.4, -0.2) is 44.1 Å². The molecule has 31 heavy (non-hydrogen) atoms. The second-order valence-corrected chi connectivity index (χ2v) is 6.33. The third-order valence-electron chi connectivity index (χ3n) is 4.22. The van der Waals surface area contributed by atoms with Crippen LogP contribution in [0.1, 0.15) is 15.9 Å². The van der Waals surface area contributed by atoms with Crippen LogP contribution in [0, 0.1) is 0 Å². The van der Waals surface area contributed by atoms with Crippen molar-refractivity contribution in [2.75, 3.05) is 16.8 Å². The van der Waals surface area contributed by atoms with Crippen LogP contribution in [0.25, 0.3) is 10.9 Å². The maximum Gasteiger partial charge on any atom is 1.00 e. The average Bonchev–Trinajstić information content (AvgIpc) is 2.70. The fraction of sp³-hybridized carbons (Fsp3) is 0.105. The summed E-state index contributed by atoms with van der Waals surface area (Å²) >= 11 is 0. The van der Waals surface area contributed by atoms with E-state index in [0.29, 0.717) is 23.1 Å². The van der Waals surface area contributed by atoms with Gasteiger partial charge in [-0.3, -0.25) is 4.79 Å². The normalized spacial score (nSPS) is 10.4. The van der Waals surface area contributed by atoms with E-state index in [1.165, 1.54) is 12.1 Å². The van der Waals surface area contributed by atoms with Crippen LogP contribution in [0.2, 0.25) is 0 Å². The SMILES string of the molecule is Nc1nc(N)c2cc(CNc3ccc(C(=O)NC(C(=O)O)C(=O)O)cc3)ccc2n1.[Na+]. The number of anilines is 3. The average molecular weight is 433 g/mol. The number of rotatable bonds is 7. The van der Waals surface area contributed by atoms with Gasteiger partial charge in [0.1, 0.15) is 5.82 Å². The number of nitrogens with zero attached hydrogens (tertiary/aromatic N) is 2. The summed E-state index contributed by atoms with van der Waals surface area (Å²) in [6.07, 6.45) is 0. The number of amides is 1. The number of aliphatic carboxylic acids is 2. The van der Waals surface area contributed by atoms with Gasteiger partial charge in [-0.1, -0.05) is 6.07 Å². The van der Waals surface area contributed by atoms with Crippen LogP contribution in [-0.2, 0) is 16.1 Å². The third-order valence-corrected chi connectivity index (χ3v) is 4.22. The Morgan fingerprint density at radius 1 is 0.968 bits per heavy atom. The first-order valence-corrected chi connectivity index (χ1v) is 8.66. The van der Waals surface area contributed by atoms with E-state index in [9.17, 15) is 14.4 Å². The fourth-order valence-electron chi connectivity index (χ4n) is 2.71. The number of carbonyl (C=O) groups excluding carboxylic acids is 1. The summed E-state index contributed by atoms with van der Waals surface area (Å²) in [5, 5.41) is 23.5. The van der Waals surface area contributed by atoms with Gasteiger partial charge in [0.05, 0.1) is 5.52 Å². The number of aromatic nitrogens is 2. The molecule has 8 N–H and O–H groups in total. The van der Waals surface area contributed by atoms with Crippen molar-refractivity contribution in [3.05, 3.63) is 53.6 Å². The van der Waals surface area contributed by atoms with Crippen molar-refractivity contribution in [2.45, 2.75) is 12.6 Å². The van der Waals surface area contributed by atoms with Crippen molar-refractivity contribution in [1.29, 1.82) is 0 Å². The largest absolute Gasteiger partial charge is 1.00 e. The Morgan fingerprint density at radius 2 is 1.61 bits per heavy atom.